The van der Waals surface area contributed by atoms with E-state index >= 15 is 0 Å². The number of benzene rings is 2. The van der Waals surface area contributed by atoms with Gasteiger partial charge in [0.1, 0.15) is 6.04 Å². The van der Waals surface area contributed by atoms with Gasteiger partial charge in [-0.1, -0.05) is 67.8 Å². The molecule has 1 atom stereocenters. The molecule has 4 rings (SSSR count). The molecular formula is C22H24N2O2. The fourth-order valence-corrected chi connectivity index (χ4v) is 4.56. The van der Waals surface area contributed by atoms with Crippen LogP contribution in [0.1, 0.15) is 49.1 Å². The molecule has 0 heterocycles. The SMILES string of the molecule is NC(=O)[C@H](NC(=O)C1c2ccccc2-c2ccccc21)C1CCCCC1. The summed E-state index contributed by atoms with van der Waals surface area (Å²) in [7, 11) is 0. The maximum absolute atomic E-state index is 13.2. The van der Waals surface area contributed by atoms with Crippen molar-refractivity contribution in [3.8, 4) is 11.1 Å². The number of hydrogen-bond donors (Lipinski definition) is 2. The molecule has 2 aromatic rings. The van der Waals surface area contributed by atoms with Gasteiger partial charge in [0.05, 0.1) is 5.92 Å². The lowest BCUT2D eigenvalue weighted by Gasteiger charge is -2.29. The Hall–Kier alpha value is -2.62. The molecule has 0 bridgehead atoms. The second-order valence-electron chi connectivity index (χ2n) is 7.39. The number of rotatable bonds is 4. The van der Waals surface area contributed by atoms with Gasteiger partial charge in [0.15, 0.2) is 0 Å². The Kier molecular flexibility index (Phi) is 4.49. The van der Waals surface area contributed by atoms with E-state index in [0.717, 1.165) is 47.9 Å². The summed E-state index contributed by atoms with van der Waals surface area (Å²) in [5, 5.41) is 3.00. The van der Waals surface area contributed by atoms with Gasteiger partial charge in [-0.15, -0.1) is 0 Å². The van der Waals surface area contributed by atoms with Crippen LogP contribution in [0.4, 0.5) is 0 Å². The van der Waals surface area contributed by atoms with Crippen LogP contribution >= 0.6 is 0 Å². The molecule has 2 aromatic carbocycles. The first kappa shape index (κ1) is 16.8. The summed E-state index contributed by atoms with van der Waals surface area (Å²) >= 11 is 0. The van der Waals surface area contributed by atoms with Crippen molar-refractivity contribution < 1.29 is 9.59 Å². The maximum atomic E-state index is 13.2. The van der Waals surface area contributed by atoms with Gasteiger partial charge >= 0.3 is 0 Å². The second-order valence-corrected chi connectivity index (χ2v) is 7.39. The first-order valence-corrected chi connectivity index (χ1v) is 9.44. The van der Waals surface area contributed by atoms with Gasteiger partial charge in [0.25, 0.3) is 0 Å². The molecule has 1 fully saturated rings. The summed E-state index contributed by atoms with van der Waals surface area (Å²) in [6, 6.07) is 15.4. The van der Waals surface area contributed by atoms with E-state index in [4.69, 9.17) is 5.73 Å². The number of amides is 2. The van der Waals surface area contributed by atoms with Crippen molar-refractivity contribution in [3.05, 3.63) is 59.7 Å². The topological polar surface area (TPSA) is 72.2 Å². The smallest absolute Gasteiger partial charge is 0.240 e. The van der Waals surface area contributed by atoms with Crippen LogP contribution in [0.3, 0.4) is 0 Å². The highest BCUT2D eigenvalue weighted by Gasteiger charge is 2.36. The minimum absolute atomic E-state index is 0.128. The minimum Gasteiger partial charge on any atom is -0.368 e. The van der Waals surface area contributed by atoms with E-state index in [0.29, 0.717) is 0 Å². The van der Waals surface area contributed by atoms with Crippen molar-refractivity contribution in [2.24, 2.45) is 11.7 Å². The molecule has 4 nitrogen and oxygen atoms in total. The minimum atomic E-state index is -0.581. The third-order valence-electron chi connectivity index (χ3n) is 5.82. The van der Waals surface area contributed by atoms with E-state index in [1.54, 1.807) is 0 Å². The Morgan fingerprint density at radius 3 is 1.96 bits per heavy atom. The molecule has 0 unspecified atom stereocenters. The summed E-state index contributed by atoms with van der Waals surface area (Å²) < 4.78 is 0. The Morgan fingerprint density at radius 2 is 1.42 bits per heavy atom. The number of carbonyl (C=O) groups is 2. The van der Waals surface area contributed by atoms with Gasteiger partial charge in [-0.25, -0.2) is 0 Å². The second kappa shape index (κ2) is 6.94. The van der Waals surface area contributed by atoms with Crippen molar-refractivity contribution in [3.63, 3.8) is 0 Å². The van der Waals surface area contributed by atoms with E-state index in [1.165, 1.54) is 6.42 Å². The fourth-order valence-electron chi connectivity index (χ4n) is 4.56. The van der Waals surface area contributed by atoms with Gasteiger partial charge in [-0.3, -0.25) is 9.59 Å². The predicted molar refractivity (Wildman–Crippen MR) is 101 cm³/mol. The lowest BCUT2D eigenvalue weighted by atomic mass is 9.83. The molecule has 3 N–H and O–H groups in total. The monoisotopic (exact) mass is 348 g/mol. The van der Waals surface area contributed by atoms with Crippen LogP contribution < -0.4 is 11.1 Å². The number of nitrogens with two attached hydrogens (primary N) is 1. The average Bonchev–Trinajstić information content (AvgIpc) is 3.01. The quantitative estimate of drug-likeness (QED) is 0.889. The summed E-state index contributed by atoms with van der Waals surface area (Å²) in [5.74, 6) is -0.786. The van der Waals surface area contributed by atoms with Crippen molar-refractivity contribution >= 4 is 11.8 Å². The normalized spacial score (nSPS) is 18.0. The molecule has 0 aliphatic heterocycles. The third kappa shape index (κ3) is 2.90. The molecule has 0 saturated heterocycles. The number of carbonyl (C=O) groups excluding carboxylic acids is 2. The fraction of sp³-hybridized carbons (Fsp3) is 0.364. The van der Waals surface area contributed by atoms with Crippen LogP contribution in [0.25, 0.3) is 11.1 Å². The van der Waals surface area contributed by atoms with Crippen molar-refractivity contribution in [1.29, 1.82) is 0 Å². The van der Waals surface area contributed by atoms with Crippen LogP contribution in [-0.4, -0.2) is 17.9 Å². The zero-order valence-electron chi connectivity index (χ0n) is 14.8. The standard InChI is InChI=1S/C22H24N2O2/c23-21(25)20(14-8-2-1-3-9-14)24-22(26)19-17-12-6-4-10-15(17)16-11-5-7-13-18(16)19/h4-7,10-14,19-20H,1-3,8-9H2,(H2,23,25)(H,24,26)/t20-/m1/s1. The number of nitrogens with one attached hydrogen (secondary N) is 1. The highest BCUT2D eigenvalue weighted by atomic mass is 16.2. The lowest BCUT2D eigenvalue weighted by molar-refractivity contribution is -0.129. The van der Waals surface area contributed by atoms with Crippen molar-refractivity contribution in [2.75, 3.05) is 0 Å². The van der Waals surface area contributed by atoms with E-state index < -0.39 is 11.9 Å². The van der Waals surface area contributed by atoms with Gasteiger partial charge < -0.3 is 11.1 Å². The van der Waals surface area contributed by atoms with E-state index in [2.05, 4.69) is 5.32 Å². The zero-order valence-corrected chi connectivity index (χ0v) is 14.8. The zero-order chi connectivity index (χ0) is 18.1. The van der Waals surface area contributed by atoms with Crippen LogP contribution in [0.15, 0.2) is 48.5 Å². The van der Waals surface area contributed by atoms with Gasteiger partial charge in [-0.05, 0) is 41.0 Å². The first-order valence-electron chi connectivity index (χ1n) is 9.44. The molecule has 4 heteroatoms. The molecule has 2 aliphatic rings. The number of primary amides is 1. The summed E-state index contributed by atoms with van der Waals surface area (Å²) in [6.45, 7) is 0. The molecule has 0 radical (unpaired) electrons. The summed E-state index contributed by atoms with van der Waals surface area (Å²) in [5.41, 5.74) is 9.83. The Morgan fingerprint density at radius 1 is 0.885 bits per heavy atom. The highest BCUT2D eigenvalue weighted by Crippen LogP contribution is 2.44. The van der Waals surface area contributed by atoms with E-state index in [9.17, 15) is 9.59 Å². The van der Waals surface area contributed by atoms with Crippen molar-refractivity contribution in [1.82, 2.24) is 5.32 Å². The molecule has 134 valence electrons. The first-order chi connectivity index (χ1) is 12.7. The molecule has 2 amide bonds. The van der Waals surface area contributed by atoms with Gasteiger partial charge in [0.2, 0.25) is 11.8 Å². The van der Waals surface area contributed by atoms with Crippen molar-refractivity contribution in [2.45, 2.75) is 44.1 Å². The van der Waals surface area contributed by atoms with Gasteiger partial charge in [0, 0.05) is 0 Å². The van der Waals surface area contributed by atoms with Gasteiger partial charge in [-0.2, -0.15) is 0 Å². The van der Waals surface area contributed by atoms with Crippen LogP contribution in [0, 0.1) is 5.92 Å². The molecule has 1 saturated carbocycles. The largest absolute Gasteiger partial charge is 0.368 e. The Labute approximate surface area is 153 Å². The Balaban J connectivity index is 1.64. The highest BCUT2D eigenvalue weighted by molar-refractivity contribution is 5.98. The summed E-state index contributed by atoms with van der Waals surface area (Å²) in [6.07, 6.45) is 5.29. The summed E-state index contributed by atoms with van der Waals surface area (Å²) in [4.78, 5) is 25.3. The van der Waals surface area contributed by atoms with E-state index in [-0.39, 0.29) is 17.7 Å². The predicted octanol–water partition coefficient (Wildman–Crippen LogP) is 3.35. The Bertz CT molecular complexity index is 794. The maximum Gasteiger partial charge on any atom is 0.240 e. The van der Waals surface area contributed by atoms with Crippen LogP contribution in [-0.2, 0) is 9.59 Å². The van der Waals surface area contributed by atoms with Crippen LogP contribution in [0.2, 0.25) is 0 Å². The molecule has 2 aliphatic carbocycles. The molecule has 26 heavy (non-hydrogen) atoms. The molecular weight excluding hydrogens is 324 g/mol. The third-order valence-corrected chi connectivity index (χ3v) is 5.82. The van der Waals surface area contributed by atoms with Crippen LogP contribution in [0.5, 0.6) is 0 Å². The lowest BCUT2D eigenvalue weighted by Crippen LogP contribution is -2.50. The molecule has 0 spiro atoms. The number of fused-ring (bicyclic) bond motifs is 3. The average molecular weight is 348 g/mol. The number of hydrogen-bond acceptors (Lipinski definition) is 2. The van der Waals surface area contributed by atoms with E-state index in [1.807, 2.05) is 48.5 Å². The molecule has 0 aromatic heterocycles.